The van der Waals surface area contributed by atoms with E-state index in [4.69, 9.17) is 19.2 Å². The van der Waals surface area contributed by atoms with Gasteiger partial charge in [-0.25, -0.2) is 9.78 Å². The van der Waals surface area contributed by atoms with Crippen LogP contribution in [0.1, 0.15) is 85.2 Å². The van der Waals surface area contributed by atoms with E-state index in [-0.39, 0.29) is 6.04 Å². The van der Waals surface area contributed by atoms with Gasteiger partial charge in [0.15, 0.2) is 0 Å². The molecule has 226 valence electrons. The first-order valence-corrected chi connectivity index (χ1v) is 15.2. The summed E-state index contributed by atoms with van der Waals surface area (Å²) in [4.78, 5) is 20.4. The molecule has 0 saturated carbocycles. The Kier molecular flexibility index (Phi) is 12.3. The number of hydrogen-bond donors (Lipinski definition) is 1. The molecule has 0 aliphatic rings. The van der Waals surface area contributed by atoms with Crippen LogP contribution in [0.25, 0.3) is 11.0 Å². The van der Waals surface area contributed by atoms with Crippen molar-refractivity contribution in [2.45, 2.75) is 92.3 Å². The number of nitrogens with zero attached hydrogens (tertiary/aromatic N) is 3. The Morgan fingerprint density at radius 2 is 1.68 bits per heavy atom. The van der Waals surface area contributed by atoms with Crippen LogP contribution in [0.15, 0.2) is 42.5 Å². The summed E-state index contributed by atoms with van der Waals surface area (Å²) in [7, 11) is 0. The number of unbranched alkanes of at least 4 members (excludes halogenated alkanes) is 1. The van der Waals surface area contributed by atoms with Crippen molar-refractivity contribution in [2.75, 3.05) is 32.8 Å². The first kappa shape index (κ1) is 32.3. The van der Waals surface area contributed by atoms with Crippen LogP contribution >= 0.6 is 0 Å². The SMILES string of the molecule is CCCCn1c([C@@H](Cc2ccc(OCC)cc2)NC(=O)OC(C)(C)C)nc2ccc(OCCCN(CC)CC)cc21. The molecule has 1 atom stereocenters. The number of aryl methyl sites for hydroxylation is 1. The lowest BCUT2D eigenvalue weighted by atomic mass is 10.0. The highest BCUT2D eigenvalue weighted by molar-refractivity contribution is 5.78. The molecular formula is C33H50N4O4. The number of benzene rings is 2. The highest BCUT2D eigenvalue weighted by atomic mass is 16.6. The minimum Gasteiger partial charge on any atom is -0.494 e. The molecule has 8 heteroatoms. The molecule has 1 aromatic heterocycles. The topological polar surface area (TPSA) is 77.8 Å². The van der Waals surface area contributed by atoms with Gasteiger partial charge in [-0.1, -0.05) is 39.3 Å². The number of alkyl carbamates (subject to hydrolysis) is 1. The summed E-state index contributed by atoms with van der Waals surface area (Å²) < 4.78 is 19.7. The van der Waals surface area contributed by atoms with Crippen LogP contribution < -0.4 is 14.8 Å². The Morgan fingerprint density at radius 1 is 0.976 bits per heavy atom. The van der Waals surface area contributed by atoms with Crippen molar-refractivity contribution >= 4 is 17.1 Å². The maximum atomic E-state index is 13.0. The molecule has 0 bridgehead atoms. The van der Waals surface area contributed by atoms with Gasteiger partial charge in [0.1, 0.15) is 22.9 Å². The number of ether oxygens (including phenoxy) is 3. The van der Waals surface area contributed by atoms with Gasteiger partial charge in [0.25, 0.3) is 0 Å². The molecule has 2 aromatic carbocycles. The maximum absolute atomic E-state index is 13.0. The quantitative estimate of drug-likeness (QED) is 0.186. The summed E-state index contributed by atoms with van der Waals surface area (Å²) in [5.41, 5.74) is 2.36. The molecule has 3 rings (SSSR count). The van der Waals surface area contributed by atoms with Gasteiger partial charge in [0, 0.05) is 25.6 Å². The van der Waals surface area contributed by atoms with Crippen molar-refractivity contribution in [1.29, 1.82) is 0 Å². The fourth-order valence-corrected chi connectivity index (χ4v) is 4.83. The minimum atomic E-state index is -0.604. The smallest absolute Gasteiger partial charge is 0.408 e. The summed E-state index contributed by atoms with van der Waals surface area (Å²) in [5, 5.41) is 3.12. The molecule has 0 spiro atoms. The normalized spacial score (nSPS) is 12.5. The second kappa shape index (κ2) is 15.7. The summed E-state index contributed by atoms with van der Waals surface area (Å²) in [6.45, 7) is 19.3. The van der Waals surface area contributed by atoms with E-state index < -0.39 is 11.7 Å². The number of amides is 1. The van der Waals surface area contributed by atoms with E-state index in [2.05, 4.69) is 41.6 Å². The molecular weight excluding hydrogens is 516 g/mol. The van der Waals surface area contributed by atoms with Crippen molar-refractivity contribution in [3.05, 3.63) is 53.9 Å². The molecule has 0 saturated heterocycles. The van der Waals surface area contributed by atoms with Gasteiger partial charge in [0.2, 0.25) is 0 Å². The third-order valence-electron chi connectivity index (χ3n) is 6.94. The van der Waals surface area contributed by atoms with Crippen molar-refractivity contribution in [2.24, 2.45) is 0 Å². The molecule has 8 nitrogen and oxygen atoms in total. The standard InChI is InChI=1S/C33H50N4O4/c1-8-12-21-37-30-24-27(40-22-13-20-36(9-2)10-3)18-19-28(30)34-31(37)29(35-32(38)41-33(5,6)7)23-25-14-16-26(17-15-25)39-11-4/h14-19,24,29H,8-13,20-23H2,1-7H3,(H,35,38)/t29-/m1/s1. The Morgan fingerprint density at radius 3 is 2.32 bits per heavy atom. The monoisotopic (exact) mass is 566 g/mol. The Balaban J connectivity index is 1.92. The van der Waals surface area contributed by atoms with E-state index in [1.54, 1.807) is 0 Å². The molecule has 1 N–H and O–H groups in total. The van der Waals surface area contributed by atoms with Crippen molar-refractivity contribution in [3.8, 4) is 11.5 Å². The second-order valence-corrected chi connectivity index (χ2v) is 11.3. The molecule has 0 aliphatic carbocycles. The number of aromatic nitrogens is 2. The maximum Gasteiger partial charge on any atom is 0.408 e. The van der Waals surface area contributed by atoms with E-state index in [9.17, 15) is 4.79 Å². The number of nitrogens with one attached hydrogen (secondary N) is 1. The zero-order valence-corrected chi connectivity index (χ0v) is 26.2. The number of carbonyl (C=O) groups is 1. The molecule has 1 amide bonds. The molecule has 41 heavy (non-hydrogen) atoms. The number of carbonyl (C=O) groups excluding carboxylic acids is 1. The second-order valence-electron chi connectivity index (χ2n) is 11.3. The number of hydrogen-bond acceptors (Lipinski definition) is 6. The van der Waals surface area contributed by atoms with E-state index >= 15 is 0 Å². The fraction of sp³-hybridized carbons (Fsp3) is 0.576. The zero-order chi connectivity index (χ0) is 29.8. The lowest BCUT2D eigenvalue weighted by Crippen LogP contribution is -2.37. The van der Waals surface area contributed by atoms with Crippen molar-refractivity contribution < 1.29 is 19.0 Å². The number of rotatable bonds is 16. The largest absolute Gasteiger partial charge is 0.494 e. The van der Waals surface area contributed by atoms with Gasteiger partial charge in [-0.2, -0.15) is 0 Å². The third-order valence-corrected chi connectivity index (χ3v) is 6.94. The van der Waals surface area contributed by atoms with Crippen molar-refractivity contribution in [3.63, 3.8) is 0 Å². The van der Waals surface area contributed by atoms with Crippen LogP contribution in [-0.2, 0) is 17.7 Å². The highest BCUT2D eigenvalue weighted by Crippen LogP contribution is 2.28. The summed E-state index contributed by atoms with van der Waals surface area (Å²) in [6.07, 6.45) is 3.12. The Labute approximate surface area is 246 Å². The molecule has 0 radical (unpaired) electrons. The number of imidazole rings is 1. The van der Waals surface area contributed by atoms with Gasteiger partial charge in [-0.05, 0) is 83.5 Å². The average Bonchev–Trinajstić information content (AvgIpc) is 3.29. The average molecular weight is 567 g/mol. The van der Waals surface area contributed by atoms with Crippen molar-refractivity contribution in [1.82, 2.24) is 19.8 Å². The minimum absolute atomic E-state index is 0.384. The summed E-state index contributed by atoms with van der Waals surface area (Å²) in [6, 6.07) is 13.7. The van der Waals surface area contributed by atoms with Crippen LogP contribution in [0.2, 0.25) is 0 Å². The van der Waals surface area contributed by atoms with Crippen LogP contribution in [0.3, 0.4) is 0 Å². The molecule has 1 heterocycles. The number of fused-ring (bicyclic) bond motifs is 1. The van der Waals surface area contributed by atoms with E-state index in [1.165, 1.54) is 0 Å². The Hall–Kier alpha value is -3.26. The van der Waals surface area contributed by atoms with Gasteiger partial charge >= 0.3 is 6.09 Å². The lowest BCUT2D eigenvalue weighted by molar-refractivity contribution is 0.0500. The van der Waals surface area contributed by atoms with Gasteiger partial charge in [0.05, 0.1) is 30.3 Å². The summed E-state index contributed by atoms with van der Waals surface area (Å²) >= 11 is 0. The molecule has 0 fully saturated rings. The fourth-order valence-electron chi connectivity index (χ4n) is 4.83. The molecule has 3 aromatic rings. The van der Waals surface area contributed by atoms with Gasteiger partial charge < -0.3 is 29.0 Å². The van der Waals surface area contributed by atoms with E-state index in [0.29, 0.717) is 19.6 Å². The predicted octanol–water partition coefficient (Wildman–Crippen LogP) is 7.15. The first-order chi connectivity index (χ1) is 19.7. The van der Waals surface area contributed by atoms with Crippen LogP contribution in [-0.4, -0.2) is 59.0 Å². The van der Waals surface area contributed by atoms with Gasteiger partial charge in [-0.3, -0.25) is 0 Å². The first-order valence-electron chi connectivity index (χ1n) is 15.2. The lowest BCUT2D eigenvalue weighted by Gasteiger charge is -2.24. The third kappa shape index (κ3) is 9.95. The molecule has 0 aliphatic heterocycles. The van der Waals surface area contributed by atoms with E-state index in [1.807, 2.05) is 64.1 Å². The van der Waals surface area contributed by atoms with Crippen LogP contribution in [0, 0.1) is 0 Å². The summed E-state index contributed by atoms with van der Waals surface area (Å²) in [5.74, 6) is 2.48. The van der Waals surface area contributed by atoms with E-state index in [0.717, 1.165) is 79.4 Å². The van der Waals surface area contributed by atoms with Crippen LogP contribution in [0.4, 0.5) is 4.79 Å². The zero-order valence-electron chi connectivity index (χ0n) is 26.2. The van der Waals surface area contributed by atoms with Gasteiger partial charge in [-0.15, -0.1) is 0 Å². The Bertz CT molecular complexity index is 1210. The highest BCUT2D eigenvalue weighted by Gasteiger charge is 2.26. The predicted molar refractivity (Wildman–Crippen MR) is 166 cm³/mol. The van der Waals surface area contributed by atoms with Crippen LogP contribution in [0.5, 0.6) is 11.5 Å². The molecule has 0 unspecified atom stereocenters.